The minimum atomic E-state index is -0.377. The number of amides is 3. The van der Waals surface area contributed by atoms with Crippen molar-refractivity contribution in [2.75, 3.05) is 6.54 Å². The standard InChI is InChI=1S/C13H12BrFN2O2/c14-10-4-3-9(15)6-8(10)7-17-12(18)11-2-1-5-16(11)13(17)19/h3-4,6,11H,1-2,5,7H2/t11-/m1/s1. The quantitative estimate of drug-likeness (QED) is 0.783. The van der Waals surface area contributed by atoms with Gasteiger partial charge in [0.1, 0.15) is 11.9 Å². The van der Waals surface area contributed by atoms with Crippen LogP contribution in [0.5, 0.6) is 0 Å². The zero-order valence-corrected chi connectivity index (χ0v) is 11.7. The molecule has 0 radical (unpaired) electrons. The van der Waals surface area contributed by atoms with Gasteiger partial charge in [-0.2, -0.15) is 0 Å². The number of benzene rings is 1. The van der Waals surface area contributed by atoms with E-state index in [2.05, 4.69) is 15.9 Å². The van der Waals surface area contributed by atoms with Crippen molar-refractivity contribution in [1.29, 1.82) is 0 Å². The van der Waals surface area contributed by atoms with Gasteiger partial charge in [-0.05, 0) is 36.6 Å². The Balaban J connectivity index is 1.86. The SMILES string of the molecule is O=C1[C@H]2CCCN2C(=O)N1Cc1cc(F)ccc1Br. The Kier molecular flexibility index (Phi) is 3.05. The van der Waals surface area contributed by atoms with Crippen molar-refractivity contribution in [2.45, 2.75) is 25.4 Å². The largest absolute Gasteiger partial charge is 0.327 e. The molecule has 6 heteroatoms. The molecule has 4 nitrogen and oxygen atoms in total. The van der Waals surface area contributed by atoms with Crippen LogP contribution in [0.2, 0.25) is 0 Å². The lowest BCUT2D eigenvalue weighted by Gasteiger charge is -2.16. The third-order valence-electron chi connectivity index (χ3n) is 3.62. The van der Waals surface area contributed by atoms with Gasteiger partial charge in [-0.25, -0.2) is 9.18 Å². The highest BCUT2D eigenvalue weighted by molar-refractivity contribution is 9.10. The van der Waals surface area contributed by atoms with E-state index in [1.165, 1.54) is 17.0 Å². The molecule has 2 aliphatic rings. The second-order valence-electron chi connectivity index (χ2n) is 4.79. The molecule has 1 aromatic rings. The van der Waals surface area contributed by atoms with Gasteiger partial charge in [-0.1, -0.05) is 15.9 Å². The smallest absolute Gasteiger partial charge is 0.312 e. The summed E-state index contributed by atoms with van der Waals surface area (Å²) in [5, 5.41) is 0. The van der Waals surface area contributed by atoms with E-state index in [4.69, 9.17) is 0 Å². The fourth-order valence-corrected chi connectivity index (χ4v) is 3.03. The van der Waals surface area contributed by atoms with E-state index >= 15 is 0 Å². The molecule has 2 aliphatic heterocycles. The number of fused-ring (bicyclic) bond motifs is 1. The molecule has 2 fully saturated rings. The highest BCUT2D eigenvalue weighted by Crippen LogP contribution is 2.29. The predicted octanol–water partition coefficient (Wildman–Crippen LogP) is 2.51. The summed E-state index contributed by atoms with van der Waals surface area (Å²) in [4.78, 5) is 27.1. The third kappa shape index (κ3) is 2.04. The molecule has 3 rings (SSSR count). The third-order valence-corrected chi connectivity index (χ3v) is 4.39. The number of rotatable bonds is 2. The first-order valence-corrected chi connectivity index (χ1v) is 6.93. The van der Waals surface area contributed by atoms with Crippen LogP contribution in [-0.2, 0) is 11.3 Å². The van der Waals surface area contributed by atoms with Crippen molar-refractivity contribution in [1.82, 2.24) is 9.80 Å². The van der Waals surface area contributed by atoms with Gasteiger partial charge in [-0.15, -0.1) is 0 Å². The first-order chi connectivity index (χ1) is 9.08. The minimum absolute atomic E-state index is 0.114. The van der Waals surface area contributed by atoms with E-state index in [-0.39, 0.29) is 30.3 Å². The minimum Gasteiger partial charge on any atom is -0.312 e. The summed E-state index contributed by atoms with van der Waals surface area (Å²) in [6, 6.07) is 3.69. The van der Waals surface area contributed by atoms with E-state index < -0.39 is 0 Å². The van der Waals surface area contributed by atoms with Crippen LogP contribution in [0.15, 0.2) is 22.7 Å². The number of urea groups is 1. The first kappa shape index (κ1) is 12.6. The Morgan fingerprint density at radius 1 is 1.37 bits per heavy atom. The number of halogens is 2. The lowest BCUT2D eigenvalue weighted by atomic mass is 10.2. The predicted molar refractivity (Wildman–Crippen MR) is 69.8 cm³/mol. The maximum atomic E-state index is 13.2. The molecule has 1 aromatic carbocycles. The van der Waals surface area contributed by atoms with E-state index in [9.17, 15) is 14.0 Å². The van der Waals surface area contributed by atoms with Gasteiger partial charge >= 0.3 is 6.03 Å². The molecule has 2 saturated heterocycles. The second kappa shape index (κ2) is 4.59. The second-order valence-corrected chi connectivity index (χ2v) is 5.65. The summed E-state index contributed by atoms with van der Waals surface area (Å²) in [6.45, 7) is 0.749. The van der Waals surface area contributed by atoms with Crippen LogP contribution in [0.25, 0.3) is 0 Å². The van der Waals surface area contributed by atoms with Gasteiger partial charge in [0, 0.05) is 11.0 Å². The zero-order chi connectivity index (χ0) is 13.6. The highest BCUT2D eigenvalue weighted by Gasteiger charge is 2.47. The zero-order valence-electron chi connectivity index (χ0n) is 10.1. The molecule has 0 aromatic heterocycles. The van der Waals surface area contributed by atoms with Crippen LogP contribution < -0.4 is 0 Å². The molecular formula is C13H12BrFN2O2. The van der Waals surface area contributed by atoms with E-state index in [0.29, 0.717) is 16.6 Å². The number of hydrogen-bond donors (Lipinski definition) is 0. The summed E-state index contributed by atoms with van der Waals surface area (Å²) in [6.07, 6.45) is 1.60. The molecule has 100 valence electrons. The van der Waals surface area contributed by atoms with Gasteiger partial charge in [0.2, 0.25) is 0 Å². The fourth-order valence-electron chi connectivity index (χ4n) is 2.66. The molecule has 0 N–H and O–H groups in total. The number of carbonyl (C=O) groups excluding carboxylic acids is 2. The average Bonchev–Trinajstić information content (AvgIpc) is 2.94. The molecule has 0 aliphatic carbocycles. The molecular weight excluding hydrogens is 315 g/mol. The lowest BCUT2D eigenvalue weighted by Crippen LogP contribution is -2.32. The fraction of sp³-hybridized carbons (Fsp3) is 0.385. The molecule has 3 amide bonds. The molecule has 0 unspecified atom stereocenters. The summed E-state index contributed by atoms with van der Waals surface area (Å²) < 4.78 is 13.9. The summed E-state index contributed by atoms with van der Waals surface area (Å²) in [5.74, 6) is -0.545. The average molecular weight is 327 g/mol. The Labute approximate surface area is 118 Å². The first-order valence-electron chi connectivity index (χ1n) is 6.14. The van der Waals surface area contributed by atoms with Crippen LogP contribution in [0.3, 0.4) is 0 Å². The van der Waals surface area contributed by atoms with Crippen LogP contribution in [0.4, 0.5) is 9.18 Å². The number of carbonyl (C=O) groups is 2. The molecule has 1 atom stereocenters. The van der Waals surface area contributed by atoms with Crippen molar-refractivity contribution < 1.29 is 14.0 Å². The van der Waals surface area contributed by atoms with Crippen LogP contribution >= 0.6 is 15.9 Å². The van der Waals surface area contributed by atoms with Crippen LogP contribution in [0.1, 0.15) is 18.4 Å². The van der Waals surface area contributed by atoms with Crippen molar-refractivity contribution in [3.63, 3.8) is 0 Å². The van der Waals surface area contributed by atoms with Crippen molar-refractivity contribution in [3.05, 3.63) is 34.1 Å². The molecule has 0 bridgehead atoms. The Morgan fingerprint density at radius 2 is 2.16 bits per heavy atom. The highest BCUT2D eigenvalue weighted by atomic mass is 79.9. The van der Waals surface area contributed by atoms with Gasteiger partial charge in [0.25, 0.3) is 5.91 Å². The van der Waals surface area contributed by atoms with Gasteiger partial charge in [0.05, 0.1) is 6.54 Å². The Bertz CT molecular complexity index is 542. The maximum Gasteiger partial charge on any atom is 0.327 e. The van der Waals surface area contributed by atoms with Gasteiger partial charge in [-0.3, -0.25) is 9.69 Å². The van der Waals surface area contributed by atoms with Crippen molar-refractivity contribution >= 4 is 27.9 Å². The van der Waals surface area contributed by atoms with E-state index in [1.807, 2.05) is 0 Å². The monoisotopic (exact) mass is 326 g/mol. The Hall–Kier alpha value is -1.43. The summed E-state index contributed by atoms with van der Waals surface area (Å²) in [5.41, 5.74) is 0.600. The lowest BCUT2D eigenvalue weighted by molar-refractivity contribution is -0.128. The normalized spacial score (nSPS) is 22.3. The van der Waals surface area contributed by atoms with E-state index in [1.54, 1.807) is 11.0 Å². The summed E-state index contributed by atoms with van der Waals surface area (Å²) in [7, 11) is 0. The Morgan fingerprint density at radius 3 is 2.89 bits per heavy atom. The number of imide groups is 1. The van der Waals surface area contributed by atoms with Gasteiger partial charge in [0.15, 0.2) is 0 Å². The van der Waals surface area contributed by atoms with Crippen molar-refractivity contribution in [3.8, 4) is 0 Å². The van der Waals surface area contributed by atoms with Crippen LogP contribution in [0, 0.1) is 5.82 Å². The molecule has 2 heterocycles. The molecule has 0 saturated carbocycles. The number of nitrogens with zero attached hydrogens (tertiary/aromatic N) is 2. The maximum absolute atomic E-state index is 13.2. The molecule has 19 heavy (non-hydrogen) atoms. The molecule has 0 spiro atoms. The van der Waals surface area contributed by atoms with Gasteiger partial charge < -0.3 is 4.90 Å². The summed E-state index contributed by atoms with van der Waals surface area (Å²) >= 11 is 3.31. The topological polar surface area (TPSA) is 40.6 Å². The van der Waals surface area contributed by atoms with Crippen molar-refractivity contribution in [2.24, 2.45) is 0 Å². The van der Waals surface area contributed by atoms with Crippen LogP contribution in [-0.4, -0.2) is 34.3 Å². The van der Waals surface area contributed by atoms with E-state index in [0.717, 1.165) is 12.8 Å². The number of hydrogen-bond acceptors (Lipinski definition) is 2.